The summed E-state index contributed by atoms with van der Waals surface area (Å²) in [6, 6.07) is 9.59. The molecular formula is C15H20N2. The molecule has 0 N–H and O–H groups in total. The highest BCUT2D eigenvalue weighted by Crippen LogP contribution is 2.27. The number of hydrogen-bond acceptors (Lipinski definition) is 1. The van der Waals surface area contributed by atoms with E-state index in [0.29, 0.717) is 6.04 Å². The van der Waals surface area contributed by atoms with Gasteiger partial charge in [-0.3, -0.25) is 4.90 Å². The molecule has 0 amide bonds. The zero-order valence-corrected chi connectivity index (χ0v) is 10.7. The first-order valence-corrected chi connectivity index (χ1v) is 6.64. The number of para-hydroxylation sites is 1. The Morgan fingerprint density at radius 1 is 1.24 bits per heavy atom. The molecule has 0 spiro atoms. The molecule has 1 aliphatic rings. The van der Waals surface area contributed by atoms with Gasteiger partial charge in [0.05, 0.1) is 5.52 Å². The van der Waals surface area contributed by atoms with E-state index in [0.717, 1.165) is 19.6 Å². The minimum Gasteiger partial charge on any atom is -0.346 e. The van der Waals surface area contributed by atoms with E-state index in [9.17, 15) is 0 Å². The van der Waals surface area contributed by atoms with Crippen molar-refractivity contribution in [3.05, 3.63) is 36.0 Å². The largest absolute Gasteiger partial charge is 0.346 e. The minimum atomic E-state index is 0.662. The molecule has 0 saturated carbocycles. The summed E-state index contributed by atoms with van der Waals surface area (Å²) in [7, 11) is 0. The van der Waals surface area contributed by atoms with E-state index in [4.69, 9.17) is 0 Å². The molecule has 2 aromatic rings. The summed E-state index contributed by atoms with van der Waals surface area (Å²) >= 11 is 0. The Morgan fingerprint density at radius 3 is 2.82 bits per heavy atom. The number of rotatable bonds is 3. The van der Waals surface area contributed by atoms with Gasteiger partial charge in [0, 0.05) is 18.8 Å². The number of aromatic nitrogens is 1. The molecule has 0 bridgehead atoms. The topological polar surface area (TPSA) is 8.17 Å². The molecule has 17 heavy (non-hydrogen) atoms. The van der Waals surface area contributed by atoms with Crippen molar-refractivity contribution in [1.82, 2.24) is 9.47 Å². The smallest absolute Gasteiger partial charge is 0.0513 e. The highest BCUT2D eigenvalue weighted by Gasteiger charge is 2.23. The fourth-order valence-electron chi connectivity index (χ4n) is 3.19. The molecular weight excluding hydrogens is 208 g/mol. The monoisotopic (exact) mass is 228 g/mol. The lowest BCUT2D eigenvalue weighted by atomic mass is 9.99. The van der Waals surface area contributed by atoms with E-state index < -0.39 is 0 Å². The molecule has 1 aliphatic heterocycles. The minimum absolute atomic E-state index is 0.662. The second kappa shape index (κ2) is 4.19. The summed E-state index contributed by atoms with van der Waals surface area (Å²) in [5.74, 6) is 0. The second-order valence-electron chi connectivity index (χ2n) is 4.90. The van der Waals surface area contributed by atoms with Crippen molar-refractivity contribution in [2.24, 2.45) is 0 Å². The number of likely N-dealkylation sites (N-methyl/N-ethyl adjacent to an activating group) is 1. The SMILES string of the molecule is CCN(CC)C1Cc2cccc3ccn(c23)C1. The number of hydrogen-bond donors (Lipinski definition) is 0. The van der Waals surface area contributed by atoms with Crippen LogP contribution >= 0.6 is 0 Å². The van der Waals surface area contributed by atoms with E-state index in [2.05, 4.69) is 53.8 Å². The normalized spacial score (nSPS) is 19.1. The summed E-state index contributed by atoms with van der Waals surface area (Å²) in [5.41, 5.74) is 2.96. The van der Waals surface area contributed by atoms with Crippen LogP contribution in [0.1, 0.15) is 19.4 Å². The Kier molecular flexibility index (Phi) is 2.67. The Balaban J connectivity index is 2.01. The van der Waals surface area contributed by atoms with Gasteiger partial charge >= 0.3 is 0 Å². The quantitative estimate of drug-likeness (QED) is 0.784. The third kappa shape index (κ3) is 1.67. The van der Waals surface area contributed by atoms with Crippen molar-refractivity contribution in [2.75, 3.05) is 13.1 Å². The van der Waals surface area contributed by atoms with E-state index in [1.807, 2.05) is 0 Å². The van der Waals surface area contributed by atoms with E-state index >= 15 is 0 Å². The van der Waals surface area contributed by atoms with Crippen LogP contribution in [-0.2, 0) is 13.0 Å². The van der Waals surface area contributed by atoms with Gasteiger partial charge in [-0.1, -0.05) is 32.0 Å². The first-order valence-electron chi connectivity index (χ1n) is 6.64. The third-order valence-electron chi connectivity index (χ3n) is 4.06. The fourth-order valence-corrected chi connectivity index (χ4v) is 3.19. The molecule has 2 heteroatoms. The predicted molar refractivity (Wildman–Crippen MR) is 72.4 cm³/mol. The number of nitrogens with zero attached hydrogens (tertiary/aromatic N) is 2. The van der Waals surface area contributed by atoms with Gasteiger partial charge in [-0.25, -0.2) is 0 Å². The van der Waals surface area contributed by atoms with Gasteiger partial charge in [0.2, 0.25) is 0 Å². The van der Waals surface area contributed by atoms with Gasteiger partial charge in [0.15, 0.2) is 0 Å². The van der Waals surface area contributed by atoms with Crippen molar-refractivity contribution >= 4 is 10.9 Å². The van der Waals surface area contributed by atoms with E-state index in [1.165, 1.54) is 22.9 Å². The van der Waals surface area contributed by atoms with Crippen LogP contribution in [0, 0.1) is 0 Å². The maximum Gasteiger partial charge on any atom is 0.0513 e. The predicted octanol–water partition coefficient (Wildman–Crippen LogP) is 2.91. The molecule has 2 nitrogen and oxygen atoms in total. The fraction of sp³-hybridized carbons (Fsp3) is 0.467. The molecule has 1 aromatic heterocycles. The van der Waals surface area contributed by atoms with Crippen molar-refractivity contribution in [1.29, 1.82) is 0 Å². The Bertz CT molecular complexity index is 523. The van der Waals surface area contributed by atoms with Crippen LogP contribution in [0.5, 0.6) is 0 Å². The molecule has 0 fully saturated rings. The van der Waals surface area contributed by atoms with Crippen LogP contribution in [0.3, 0.4) is 0 Å². The average Bonchev–Trinajstić information content (AvgIpc) is 2.76. The maximum atomic E-state index is 2.57. The second-order valence-corrected chi connectivity index (χ2v) is 4.90. The van der Waals surface area contributed by atoms with Crippen molar-refractivity contribution in [3.8, 4) is 0 Å². The van der Waals surface area contributed by atoms with Crippen molar-refractivity contribution in [2.45, 2.75) is 32.9 Å². The Hall–Kier alpha value is -1.28. The summed E-state index contributed by atoms with van der Waals surface area (Å²) in [4.78, 5) is 2.57. The van der Waals surface area contributed by atoms with Crippen LogP contribution in [0.2, 0.25) is 0 Å². The standard InChI is InChI=1S/C15H20N2/c1-3-16(4-2)14-10-13-7-5-6-12-8-9-17(11-14)15(12)13/h5-9,14H,3-4,10-11H2,1-2H3. The van der Waals surface area contributed by atoms with Crippen LogP contribution < -0.4 is 0 Å². The van der Waals surface area contributed by atoms with Gasteiger partial charge in [0.1, 0.15) is 0 Å². The third-order valence-corrected chi connectivity index (χ3v) is 4.06. The molecule has 0 saturated heterocycles. The first-order chi connectivity index (χ1) is 8.33. The molecule has 1 unspecified atom stereocenters. The molecule has 90 valence electrons. The van der Waals surface area contributed by atoms with Gasteiger partial charge in [0.25, 0.3) is 0 Å². The van der Waals surface area contributed by atoms with Crippen molar-refractivity contribution in [3.63, 3.8) is 0 Å². The van der Waals surface area contributed by atoms with Gasteiger partial charge in [-0.05, 0) is 36.5 Å². The maximum absolute atomic E-state index is 2.57. The van der Waals surface area contributed by atoms with Crippen LogP contribution in [0.4, 0.5) is 0 Å². The van der Waals surface area contributed by atoms with E-state index in [-0.39, 0.29) is 0 Å². The molecule has 1 atom stereocenters. The summed E-state index contributed by atoms with van der Waals surface area (Å²) in [5, 5.41) is 1.39. The molecule has 0 radical (unpaired) electrons. The Labute approximate surface area is 103 Å². The van der Waals surface area contributed by atoms with E-state index in [1.54, 1.807) is 0 Å². The highest BCUT2D eigenvalue weighted by molar-refractivity contribution is 5.84. The molecule has 2 heterocycles. The first kappa shape index (κ1) is 10.8. The lowest BCUT2D eigenvalue weighted by molar-refractivity contribution is 0.192. The lowest BCUT2D eigenvalue weighted by Gasteiger charge is -2.33. The summed E-state index contributed by atoms with van der Waals surface area (Å²) in [6.07, 6.45) is 3.44. The average molecular weight is 228 g/mol. The van der Waals surface area contributed by atoms with Crippen LogP contribution in [0.15, 0.2) is 30.5 Å². The Morgan fingerprint density at radius 2 is 2.06 bits per heavy atom. The molecule has 1 aromatic carbocycles. The zero-order chi connectivity index (χ0) is 11.8. The van der Waals surface area contributed by atoms with Gasteiger partial charge in [-0.15, -0.1) is 0 Å². The zero-order valence-electron chi connectivity index (χ0n) is 10.7. The summed E-state index contributed by atoms with van der Waals surface area (Å²) in [6.45, 7) is 7.95. The highest BCUT2D eigenvalue weighted by atomic mass is 15.2. The molecule has 3 rings (SSSR count). The van der Waals surface area contributed by atoms with Gasteiger partial charge in [-0.2, -0.15) is 0 Å². The van der Waals surface area contributed by atoms with Crippen molar-refractivity contribution < 1.29 is 0 Å². The number of benzene rings is 1. The molecule has 0 aliphatic carbocycles. The van der Waals surface area contributed by atoms with Gasteiger partial charge < -0.3 is 4.57 Å². The summed E-state index contributed by atoms with van der Waals surface area (Å²) < 4.78 is 2.43. The van der Waals surface area contributed by atoms with Crippen LogP contribution in [0.25, 0.3) is 10.9 Å². The van der Waals surface area contributed by atoms with Crippen LogP contribution in [-0.4, -0.2) is 28.6 Å². The lowest BCUT2D eigenvalue weighted by Crippen LogP contribution is -2.41.